The summed E-state index contributed by atoms with van der Waals surface area (Å²) in [5, 5.41) is 3.47. The molecule has 4 aliphatic rings. The molecule has 9 atom stereocenters. The number of amides is 1. The number of carbonyl (C=O) groups is 1. The predicted molar refractivity (Wildman–Crippen MR) is 153 cm³/mol. The number of piperidine rings is 1. The summed E-state index contributed by atoms with van der Waals surface area (Å²) in [7, 11) is 0. The molecule has 1 saturated heterocycles. The highest BCUT2D eigenvalue weighted by molar-refractivity contribution is 5.77. The smallest absolute Gasteiger partial charge is 0.220 e. The van der Waals surface area contributed by atoms with Gasteiger partial charge in [0.25, 0.3) is 0 Å². The summed E-state index contributed by atoms with van der Waals surface area (Å²) in [6, 6.07) is 0.433. The van der Waals surface area contributed by atoms with Crippen molar-refractivity contribution < 1.29 is 4.79 Å². The number of rotatable bonds is 7. The summed E-state index contributed by atoms with van der Waals surface area (Å²) < 4.78 is 0. The standard InChI is InChI=1S/C29H51NO.2C2H6/c1-7-9-21-18-25-29(6,17-15-26(31)30-25)24-14-16-28(5)22(12-13-23(28)27(21)24)20(4)11-8-10-19(2)3;2*1-2/h19-25,27H,7-18H2,1-6H3,(H,30,31);2*1-2H3/t20?,21?,22?,23?,24?,25?,27?,28-,29-;;/m1../s1. The highest BCUT2D eigenvalue weighted by Gasteiger charge is 2.62. The quantitative estimate of drug-likeness (QED) is 0.379. The van der Waals surface area contributed by atoms with Crippen molar-refractivity contribution in [2.45, 2.75) is 152 Å². The van der Waals surface area contributed by atoms with Gasteiger partial charge < -0.3 is 5.32 Å². The summed E-state index contributed by atoms with van der Waals surface area (Å²) in [6.45, 7) is 23.0. The molecule has 0 radical (unpaired) electrons. The lowest BCUT2D eigenvalue weighted by molar-refractivity contribution is -0.146. The highest BCUT2D eigenvalue weighted by Crippen LogP contribution is 2.68. The number of nitrogens with one attached hydrogen (secondary N) is 1. The highest BCUT2D eigenvalue weighted by atomic mass is 16.1. The average Bonchev–Trinajstić information content (AvgIpc) is 3.20. The zero-order valence-corrected chi connectivity index (χ0v) is 25.5. The van der Waals surface area contributed by atoms with E-state index in [2.05, 4.69) is 46.9 Å². The molecule has 1 amide bonds. The van der Waals surface area contributed by atoms with Crippen LogP contribution in [0.2, 0.25) is 0 Å². The molecule has 0 spiro atoms. The molecule has 0 aromatic heterocycles. The Bertz CT molecular complexity index is 643. The fourth-order valence-electron chi connectivity index (χ4n) is 9.55. The first kappa shape index (κ1) is 30.7. The van der Waals surface area contributed by atoms with Crippen molar-refractivity contribution in [1.29, 1.82) is 0 Å². The van der Waals surface area contributed by atoms with Gasteiger partial charge in [-0.15, -0.1) is 0 Å². The van der Waals surface area contributed by atoms with Crippen LogP contribution in [0.3, 0.4) is 0 Å². The molecule has 1 aliphatic heterocycles. The molecule has 1 N–H and O–H groups in total. The van der Waals surface area contributed by atoms with Crippen molar-refractivity contribution >= 4 is 5.91 Å². The van der Waals surface area contributed by atoms with Crippen LogP contribution in [0.15, 0.2) is 0 Å². The van der Waals surface area contributed by atoms with E-state index in [4.69, 9.17) is 0 Å². The van der Waals surface area contributed by atoms with Crippen LogP contribution in [0, 0.1) is 52.3 Å². The first-order valence-electron chi connectivity index (χ1n) is 16.0. The van der Waals surface area contributed by atoms with E-state index >= 15 is 0 Å². The Hall–Kier alpha value is -0.530. The molecule has 206 valence electrons. The largest absolute Gasteiger partial charge is 0.353 e. The lowest BCUT2D eigenvalue weighted by Gasteiger charge is -2.63. The lowest BCUT2D eigenvalue weighted by Crippen LogP contribution is -2.63. The maximum Gasteiger partial charge on any atom is 0.220 e. The summed E-state index contributed by atoms with van der Waals surface area (Å²) in [5.74, 6) is 6.46. The van der Waals surface area contributed by atoms with E-state index in [1.165, 1.54) is 64.2 Å². The van der Waals surface area contributed by atoms with Crippen LogP contribution < -0.4 is 5.32 Å². The molecule has 4 rings (SSSR count). The van der Waals surface area contributed by atoms with Crippen LogP contribution in [-0.2, 0) is 4.79 Å². The SMILES string of the molecule is CC.CC.CCCC1CC2NC(=O)CC[C@]2(C)C2CC[C@]3(C)C(C(C)CCCC(C)C)CCC3C12. The average molecular weight is 490 g/mol. The van der Waals surface area contributed by atoms with Crippen molar-refractivity contribution in [1.82, 2.24) is 5.32 Å². The van der Waals surface area contributed by atoms with Gasteiger partial charge in [-0.25, -0.2) is 0 Å². The lowest BCUT2D eigenvalue weighted by atomic mass is 9.44. The molecule has 0 aromatic rings. The molecule has 3 saturated carbocycles. The Labute approximate surface area is 220 Å². The Balaban J connectivity index is 0.00000103. The van der Waals surface area contributed by atoms with Gasteiger partial charge in [0.15, 0.2) is 0 Å². The van der Waals surface area contributed by atoms with Gasteiger partial charge in [-0.3, -0.25) is 4.79 Å². The van der Waals surface area contributed by atoms with Crippen LogP contribution in [0.5, 0.6) is 0 Å². The van der Waals surface area contributed by atoms with Gasteiger partial charge in [-0.1, -0.05) is 101 Å². The number of hydrogen-bond donors (Lipinski definition) is 1. The second-order valence-corrected chi connectivity index (χ2v) is 13.2. The van der Waals surface area contributed by atoms with Crippen LogP contribution in [0.25, 0.3) is 0 Å². The molecular weight excluding hydrogens is 426 g/mol. The number of carbonyl (C=O) groups excluding carboxylic acids is 1. The molecule has 3 aliphatic carbocycles. The number of fused-ring (bicyclic) bond motifs is 5. The third kappa shape index (κ3) is 6.14. The normalized spacial score (nSPS) is 40.7. The third-order valence-corrected chi connectivity index (χ3v) is 11.1. The number of hydrogen-bond acceptors (Lipinski definition) is 1. The molecule has 4 fully saturated rings. The minimum Gasteiger partial charge on any atom is -0.353 e. The first-order chi connectivity index (χ1) is 16.7. The minimum absolute atomic E-state index is 0.313. The molecule has 1 heterocycles. The fourth-order valence-corrected chi connectivity index (χ4v) is 9.55. The van der Waals surface area contributed by atoms with Crippen LogP contribution in [0.1, 0.15) is 146 Å². The fraction of sp³-hybridized carbons (Fsp3) is 0.970. The Morgan fingerprint density at radius 1 is 0.914 bits per heavy atom. The molecule has 0 bridgehead atoms. The van der Waals surface area contributed by atoms with Crippen molar-refractivity contribution in [3.8, 4) is 0 Å². The van der Waals surface area contributed by atoms with Gasteiger partial charge in [0.1, 0.15) is 0 Å². The van der Waals surface area contributed by atoms with Crippen molar-refractivity contribution in [2.75, 3.05) is 0 Å². The van der Waals surface area contributed by atoms with Crippen molar-refractivity contribution in [3.63, 3.8) is 0 Å². The maximum atomic E-state index is 12.3. The van der Waals surface area contributed by atoms with E-state index in [-0.39, 0.29) is 0 Å². The molecule has 2 heteroatoms. The van der Waals surface area contributed by atoms with Gasteiger partial charge in [0, 0.05) is 12.5 Å². The first-order valence-corrected chi connectivity index (χ1v) is 16.0. The Kier molecular flexibility index (Phi) is 11.7. The molecule has 2 nitrogen and oxygen atoms in total. The van der Waals surface area contributed by atoms with E-state index in [0.717, 1.165) is 54.3 Å². The van der Waals surface area contributed by atoms with Gasteiger partial charge in [-0.2, -0.15) is 0 Å². The monoisotopic (exact) mass is 489 g/mol. The minimum atomic E-state index is 0.313. The molecule has 0 aromatic carbocycles. The van der Waals surface area contributed by atoms with Gasteiger partial charge in [-0.05, 0) is 90.8 Å². The third-order valence-electron chi connectivity index (χ3n) is 11.1. The van der Waals surface area contributed by atoms with Gasteiger partial charge >= 0.3 is 0 Å². The molecule has 7 unspecified atom stereocenters. The molecular formula is C33H63NO. The second kappa shape index (κ2) is 13.3. The summed E-state index contributed by atoms with van der Waals surface area (Å²) in [6.07, 6.45) is 15.8. The van der Waals surface area contributed by atoms with E-state index in [1.54, 1.807) is 0 Å². The van der Waals surface area contributed by atoms with Crippen LogP contribution in [-0.4, -0.2) is 11.9 Å². The summed E-state index contributed by atoms with van der Waals surface area (Å²) in [4.78, 5) is 12.3. The van der Waals surface area contributed by atoms with Gasteiger partial charge in [0.05, 0.1) is 0 Å². The Morgan fingerprint density at radius 2 is 1.57 bits per heavy atom. The predicted octanol–water partition coefficient (Wildman–Crippen LogP) is 9.66. The summed E-state index contributed by atoms with van der Waals surface area (Å²) in [5.41, 5.74) is 0.899. The van der Waals surface area contributed by atoms with Crippen molar-refractivity contribution in [3.05, 3.63) is 0 Å². The van der Waals surface area contributed by atoms with Gasteiger partial charge in [0.2, 0.25) is 5.91 Å². The van der Waals surface area contributed by atoms with Crippen LogP contribution in [0.4, 0.5) is 0 Å². The zero-order chi connectivity index (χ0) is 26.4. The zero-order valence-electron chi connectivity index (χ0n) is 25.5. The second-order valence-electron chi connectivity index (χ2n) is 13.2. The van der Waals surface area contributed by atoms with Crippen molar-refractivity contribution in [2.24, 2.45) is 52.3 Å². The van der Waals surface area contributed by atoms with E-state index in [0.29, 0.717) is 22.8 Å². The van der Waals surface area contributed by atoms with E-state index < -0.39 is 0 Å². The summed E-state index contributed by atoms with van der Waals surface area (Å²) >= 11 is 0. The maximum absolute atomic E-state index is 12.3. The Morgan fingerprint density at radius 3 is 2.20 bits per heavy atom. The van der Waals surface area contributed by atoms with E-state index in [9.17, 15) is 4.79 Å². The van der Waals surface area contributed by atoms with Crippen LogP contribution >= 0.6 is 0 Å². The topological polar surface area (TPSA) is 29.1 Å². The molecule has 35 heavy (non-hydrogen) atoms. The van der Waals surface area contributed by atoms with E-state index in [1.807, 2.05) is 27.7 Å².